The van der Waals surface area contributed by atoms with Gasteiger partial charge in [0.05, 0.1) is 0 Å². The quantitative estimate of drug-likeness (QED) is 0.526. The van der Waals surface area contributed by atoms with Crippen LogP contribution in [0.2, 0.25) is 5.02 Å². The molecular weight excluding hydrogens is 204 g/mol. The van der Waals surface area contributed by atoms with Gasteiger partial charge in [0.25, 0.3) is 0 Å². The molecule has 0 aliphatic carbocycles. The van der Waals surface area contributed by atoms with E-state index >= 15 is 0 Å². The molecule has 11 heavy (non-hydrogen) atoms. The first-order valence-corrected chi connectivity index (χ1v) is 5.03. The van der Waals surface area contributed by atoms with Crippen molar-refractivity contribution >= 4 is 32.4 Å². The topological polar surface area (TPSA) is 37.3 Å². The van der Waals surface area contributed by atoms with E-state index in [2.05, 4.69) is 11.2 Å². The van der Waals surface area contributed by atoms with E-state index in [0.29, 0.717) is 0 Å². The van der Waals surface area contributed by atoms with Crippen molar-refractivity contribution in [2.45, 2.75) is 0 Å². The summed E-state index contributed by atoms with van der Waals surface area (Å²) in [5, 5.41) is 0.794. The third-order valence-electron chi connectivity index (χ3n) is 0.733. The SMILES string of the molecule is Clc1ccccc1.O=[S-](O)=S. The smallest absolute Gasteiger partial charge is 0.0405 e. The van der Waals surface area contributed by atoms with Crippen LogP contribution in [0.4, 0.5) is 0 Å². The molecule has 0 spiro atoms. The van der Waals surface area contributed by atoms with Crippen molar-refractivity contribution in [2.24, 2.45) is 0 Å². The number of rotatable bonds is 0. The molecule has 0 heterocycles. The maximum Gasteiger partial charge on any atom is 0.0405 e. The Morgan fingerprint density at radius 1 is 1.36 bits per heavy atom. The highest BCUT2D eigenvalue weighted by molar-refractivity contribution is 8.18. The van der Waals surface area contributed by atoms with E-state index in [1.165, 1.54) is 0 Å². The second-order valence-electron chi connectivity index (χ2n) is 1.51. The predicted molar refractivity (Wildman–Crippen MR) is 49.5 cm³/mol. The molecule has 0 fully saturated rings. The lowest BCUT2D eigenvalue weighted by Gasteiger charge is -1.80. The van der Waals surface area contributed by atoms with Gasteiger partial charge in [-0.1, -0.05) is 39.4 Å². The van der Waals surface area contributed by atoms with Gasteiger partial charge in [0.2, 0.25) is 0 Å². The van der Waals surface area contributed by atoms with Crippen molar-refractivity contribution in [3.8, 4) is 0 Å². The van der Waals surface area contributed by atoms with Crippen LogP contribution in [0.1, 0.15) is 0 Å². The van der Waals surface area contributed by atoms with Gasteiger partial charge in [-0.25, -0.2) is 11.2 Å². The van der Waals surface area contributed by atoms with Crippen LogP contribution in [0.25, 0.3) is 0 Å². The lowest BCUT2D eigenvalue weighted by Crippen LogP contribution is -1.55. The van der Waals surface area contributed by atoms with Gasteiger partial charge in [-0.15, -0.1) is 0 Å². The summed E-state index contributed by atoms with van der Waals surface area (Å²) in [5.41, 5.74) is 0. The van der Waals surface area contributed by atoms with Crippen LogP contribution in [0, 0.1) is 0 Å². The second-order valence-corrected chi connectivity index (χ2v) is 3.24. The van der Waals surface area contributed by atoms with Gasteiger partial charge >= 0.3 is 0 Å². The Morgan fingerprint density at radius 2 is 1.73 bits per heavy atom. The van der Waals surface area contributed by atoms with Crippen molar-refractivity contribution in [3.05, 3.63) is 35.4 Å². The summed E-state index contributed by atoms with van der Waals surface area (Å²) in [5.74, 6) is 0. The summed E-state index contributed by atoms with van der Waals surface area (Å²) in [6.45, 7) is 0. The van der Waals surface area contributed by atoms with Crippen LogP contribution in [0.15, 0.2) is 30.3 Å². The first kappa shape index (κ1) is 10.8. The fourth-order valence-electron chi connectivity index (χ4n) is 0.415. The Balaban J connectivity index is 0.000000218. The van der Waals surface area contributed by atoms with Crippen molar-refractivity contribution in [3.63, 3.8) is 0 Å². The van der Waals surface area contributed by atoms with E-state index in [-0.39, 0.29) is 0 Å². The average molecular weight is 210 g/mol. The molecule has 5 heteroatoms. The molecule has 1 aromatic carbocycles. The molecule has 0 bridgehead atoms. The molecule has 1 N–H and O–H groups in total. The molecule has 0 saturated heterocycles. The molecule has 1 aromatic rings. The highest BCUT2D eigenvalue weighted by atomic mass is 35.5. The standard InChI is InChI=1S/C6H5Cl.HO2S2/c7-6-4-2-1-3-5-6;1-4(2)3/h1-5H;(H,1,2,3)/q;-1. The second kappa shape index (κ2) is 6.54. The zero-order valence-corrected chi connectivity index (χ0v) is 7.83. The minimum atomic E-state index is -2.03. The summed E-state index contributed by atoms with van der Waals surface area (Å²) >= 11 is 9.19. The van der Waals surface area contributed by atoms with E-state index in [4.69, 9.17) is 20.4 Å². The first-order valence-electron chi connectivity index (χ1n) is 2.62. The molecule has 62 valence electrons. The van der Waals surface area contributed by atoms with Crippen LogP contribution in [-0.4, -0.2) is 4.55 Å². The Kier molecular flexibility index (Phi) is 6.45. The van der Waals surface area contributed by atoms with Gasteiger partial charge in [-0.3, -0.25) is 0 Å². The van der Waals surface area contributed by atoms with Crippen LogP contribution in [-0.2, 0) is 25.0 Å². The first-order chi connectivity index (χ1) is 5.13. The van der Waals surface area contributed by atoms with Crippen molar-refractivity contribution in [1.29, 1.82) is 0 Å². The van der Waals surface area contributed by atoms with Gasteiger partial charge in [0.1, 0.15) is 0 Å². The molecule has 2 nitrogen and oxygen atoms in total. The van der Waals surface area contributed by atoms with Gasteiger partial charge in [-0.05, 0) is 12.1 Å². The fraction of sp³-hybridized carbons (Fsp3) is 0. The molecule has 1 rings (SSSR count). The number of benzene rings is 1. The fourth-order valence-corrected chi connectivity index (χ4v) is 0.560. The van der Waals surface area contributed by atoms with Crippen LogP contribution >= 0.6 is 11.6 Å². The van der Waals surface area contributed by atoms with E-state index < -0.39 is 9.64 Å². The van der Waals surface area contributed by atoms with E-state index in [1.807, 2.05) is 30.3 Å². The lowest BCUT2D eigenvalue weighted by atomic mass is 10.4. The Labute approximate surface area is 76.7 Å². The van der Waals surface area contributed by atoms with Gasteiger partial charge < -0.3 is 8.76 Å². The summed E-state index contributed by atoms with van der Waals surface area (Å²) in [4.78, 5) is 0. The lowest BCUT2D eigenvalue weighted by molar-refractivity contribution is 0.536. The zero-order chi connectivity index (χ0) is 8.69. The largest absolute Gasteiger partial charge is 0.459 e. The van der Waals surface area contributed by atoms with Crippen LogP contribution < -0.4 is 0 Å². The highest BCUT2D eigenvalue weighted by Crippen LogP contribution is 2.03. The summed E-state index contributed by atoms with van der Waals surface area (Å²) in [6, 6.07) is 9.44. The number of halogens is 1. The minimum Gasteiger partial charge on any atom is -0.459 e. The van der Waals surface area contributed by atoms with Crippen molar-refractivity contribution in [2.75, 3.05) is 0 Å². The molecule has 0 radical (unpaired) electrons. The summed E-state index contributed by atoms with van der Waals surface area (Å²) < 4.78 is 16.3. The van der Waals surface area contributed by atoms with E-state index in [1.54, 1.807) is 0 Å². The van der Waals surface area contributed by atoms with E-state index in [0.717, 1.165) is 5.02 Å². The summed E-state index contributed by atoms with van der Waals surface area (Å²) in [6.07, 6.45) is 0. The third kappa shape index (κ3) is 9.84. The zero-order valence-electron chi connectivity index (χ0n) is 5.44. The summed E-state index contributed by atoms with van der Waals surface area (Å²) in [7, 11) is -2.03. The minimum absolute atomic E-state index is 0.794. The average Bonchev–Trinajstić information content (AvgIpc) is 1.87. The van der Waals surface area contributed by atoms with Crippen LogP contribution in [0.3, 0.4) is 0 Å². The predicted octanol–water partition coefficient (Wildman–Crippen LogP) is 2.23. The third-order valence-corrected chi connectivity index (χ3v) is 0.985. The molecular formula is C6H6ClO2S2-. The van der Waals surface area contributed by atoms with Gasteiger partial charge in [0, 0.05) is 5.02 Å². The van der Waals surface area contributed by atoms with Crippen molar-refractivity contribution in [1.82, 2.24) is 0 Å². The molecule has 0 saturated carbocycles. The van der Waals surface area contributed by atoms with Crippen LogP contribution in [0.5, 0.6) is 0 Å². The molecule has 0 atom stereocenters. The molecule has 0 unspecified atom stereocenters. The molecule has 0 aromatic heterocycles. The molecule has 0 aliphatic rings. The molecule has 0 amide bonds. The van der Waals surface area contributed by atoms with E-state index in [9.17, 15) is 0 Å². The Morgan fingerprint density at radius 3 is 1.91 bits per heavy atom. The number of hydrogen-bond donors (Lipinski definition) is 1. The van der Waals surface area contributed by atoms with Gasteiger partial charge in [0.15, 0.2) is 0 Å². The maximum atomic E-state index is 8.93. The monoisotopic (exact) mass is 209 g/mol. The van der Waals surface area contributed by atoms with Crippen molar-refractivity contribution < 1.29 is 8.76 Å². The maximum absolute atomic E-state index is 8.93. The Bertz CT molecular complexity index is 251. The highest BCUT2D eigenvalue weighted by Gasteiger charge is 1.74. The molecule has 0 aliphatic heterocycles. The Hall–Kier alpha value is -0.160. The number of hydrogen-bond acceptors (Lipinski definition) is 3. The van der Waals surface area contributed by atoms with Gasteiger partial charge in [-0.2, -0.15) is 0 Å². The normalized spacial score (nSPS) is 8.64.